The van der Waals surface area contributed by atoms with Gasteiger partial charge in [0.05, 0.1) is 0 Å². The Bertz CT molecular complexity index is 431. The number of hydrogen-bond donors (Lipinski definition) is 1. The van der Waals surface area contributed by atoms with E-state index < -0.39 is 0 Å². The molecule has 0 unspecified atom stereocenters. The minimum Gasteiger partial charge on any atom is -0.483 e. The molecule has 5 heteroatoms. The van der Waals surface area contributed by atoms with E-state index >= 15 is 0 Å². The van der Waals surface area contributed by atoms with Crippen LogP contribution in [0.3, 0.4) is 0 Å². The van der Waals surface area contributed by atoms with Crippen molar-refractivity contribution in [1.29, 1.82) is 0 Å². The van der Waals surface area contributed by atoms with E-state index in [0.29, 0.717) is 24.4 Å². The zero-order chi connectivity index (χ0) is 14.4. The first-order valence-corrected chi connectivity index (χ1v) is 6.45. The Morgan fingerprint density at radius 3 is 2.58 bits per heavy atom. The van der Waals surface area contributed by atoms with Crippen molar-refractivity contribution < 1.29 is 13.9 Å². The van der Waals surface area contributed by atoms with Gasteiger partial charge in [0.15, 0.2) is 6.61 Å². The largest absolute Gasteiger partial charge is 0.483 e. The molecule has 1 aromatic rings. The highest BCUT2D eigenvalue weighted by atomic mass is 19.1. The number of nitrogens with zero attached hydrogens (tertiary/aromatic N) is 1. The molecule has 2 N–H and O–H groups in total. The molecule has 1 amide bonds. The monoisotopic (exact) mass is 268 g/mol. The lowest BCUT2D eigenvalue weighted by Crippen LogP contribution is -2.34. The smallest absolute Gasteiger partial charge is 0.260 e. The minimum absolute atomic E-state index is 0.0625. The van der Waals surface area contributed by atoms with Gasteiger partial charge in [0, 0.05) is 24.7 Å². The van der Waals surface area contributed by atoms with Gasteiger partial charge in [-0.2, -0.15) is 0 Å². The number of halogens is 1. The summed E-state index contributed by atoms with van der Waals surface area (Å²) in [5.74, 6) is -0.00317. The number of carbonyl (C=O) groups excluding carboxylic acids is 1. The van der Waals surface area contributed by atoms with E-state index in [2.05, 4.69) is 0 Å². The first-order chi connectivity index (χ1) is 8.99. The molecular formula is C14H21FN2O2. The third kappa shape index (κ3) is 4.21. The topological polar surface area (TPSA) is 55.6 Å². The fraction of sp³-hybridized carbons (Fsp3) is 0.500. The maximum Gasteiger partial charge on any atom is 0.260 e. The zero-order valence-electron chi connectivity index (χ0n) is 11.6. The van der Waals surface area contributed by atoms with Gasteiger partial charge in [0.2, 0.25) is 0 Å². The molecule has 0 radical (unpaired) electrons. The molecule has 0 heterocycles. The molecule has 0 aliphatic heterocycles. The van der Waals surface area contributed by atoms with Gasteiger partial charge in [0.1, 0.15) is 11.6 Å². The van der Waals surface area contributed by atoms with E-state index in [0.717, 1.165) is 0 Å². The van der Waals surface area contributed by atoms with Gasteiger partial charge in [-0.05, 0) is 39.0 Å². The summed E-state index contributed by atoms with van der Waals surface area (Å²) >= 11 is 0. The van der Waals surface area contributed by atoms with Crippen LogP contribution in [0.25, 0.3) is 0 Å². The van der Waals surface area contributed by atoms with Crippen molar-refractivity contribution in [3.8, 4) is 5.75 Å². The van der Waals surface area contributed by atoms with E-state index in [1.165, 1.54) is 18.2 Å². The molecule has 0 bridgehead atoms. The standard InChI is InChI=1S/C14H21FN2O2/c1-4-17(5-2)14(18)9-19-13-7-6-11(15)8-12(13)10(3)16/h6-8,10H,4-5,9,16H2,1-3H3/t10-/m0/s1. The Balaban J connectivity index is 2.75. The van der Waals surface area contributed by atoms with Gasteiger partial charge in [-0.3, -0.25) is 4.79 Å². The third-order valence-electron chi connectivity index (χ3n) is 2.93. The highest BCUT2D eigenvalue weighted by Crippen LogP contribution is 2.24. The Morgan fingerprint density at radius 1 is 1.42 bits per heavy atom. The summed E-state index contributed by atoms with van der Waals surface area (Å²) in [5, 5.41) is 0. The number of benzene rings is 1. The lowest BCUT2D eigenvalue weighted by Gasteiger charge is -2.20. The van der Waals surface area contributed by atoms with Crippen LogP contribution in [-0.4, -0.2) is 30.5 Å². The molecule has 0 saturated carbocycles. The second-order valence-electron chi connectivity index (χ2n) is 4.33. The third-order valence-corrected chi connectivity index (χ3v) is 2.93. The number of amides is 1. The number of ether oxygens (including phenoxy) is 1. The van der Waals surface area contributed by atoms with Crippen LogP contribution in [0.5, 0.6) is 5.75 Å². The maximum atomic E-state index is 13.2. The van der Waals surface area contributed by atoms with Crippen molar-refractivity contribution in [1.82, 2.24) is 4.90 Å². The number of rotatable bonds is 6. The van der Waals surface area contributed by atoms with E-state index in [4.69, 9.17) is 10.5 Å². The molecule has 0 spiro atoms. The van der Waals surface area contributed by atoms with Crippen LogP contribution in [0, 0.1) is 5.82 Å². The summed E-state index contributed by atoms with van der Waals surface area (Å²) in [7, 11) is 0. The Kier molecular flexibility index (Phi) is 5.76. The molecular weight excluding hydrogens is 247 g/mol. The first kappa shape index (κ1) is 15.4. The van der Waals surface area contributed by atoms with Crippen LogP contribution >= 0.6 is 0 Å². The number of nitrogens with two attached hydrogens (primary N) is 1. The summed E-state index contributed by atoms with van der Waals surface area (Å²) in [6.45, 7) is 6.78. The normalized spacial score (nSPS) is 12.1. The molecule has 0 aromatic heterocycles. The molecule has 1 aromatic carbocycles. The fourth-order valence-electron chi connectivity index (χ4n) is 1.81. The summed E-state index contributed by atoms with van der Waals surface area (Å²) in [5.41, 5.74) is 6.32. The van der Waals surface area contributed by atoms with Gasteiger partial charge in [-0.25, -0.2) is 4.39 Å². The van der Waals surface area contributed by atoms with Crippen molar-refractivity contribution in [2.45, 2.75) is 26.8 Å². The van der Waals surface area contributed by atoms with E-state index in [1.54, 1.807) is 11.8 Å². The molecule has 19 heavy (non-hydrogen) atoms. The molecule has 0 fully saturated rings. The predicted molar refractivity (Wildman–Crippen MR) is 72.4 cm³/mol. The lowest BCUT2D eigenvalue weighted by atomic mass is 10.1. The lowest BCUT2D eigenvalue weighted by molar-refractivity contribution is -0.132. The number of hydrogen-bond acceptors (Lipinski definition) is 3. The first-order valence-electron chi connectivity index (χ1n) is 6.45. The second-order valence-corrected chi connectivity index (χ2v) is 4.33. The van der Waals surface area contributed by atoms with Gasteiger partial charge in [0.25, 0.3) is 5.91 Å². The van der Waals surface area contributed by atoms with Crippen molar-refractivity contribution in [2.75, 3.05) is 19.7 Å². The quantitative estimate of drug-likeness (QED) is 0.859. The van der Waals surface area contributed by atoms with Crippen LogP contribution in [0.4, 0.5) is 4.39 Å². The minimum atomic E-state index is -0.366. The molecule has 1 atom stereocenters. The van der Waals surface area contributed by atoms with Gasteiger partial charge in [-0.1, -0.05) is 0 Å². The predicted octanol–water partition coefficient (Wildman–Crippen LogP) is 2.09. The van der Waals surface area contributed by atoms with Crippen LogP contribution < -0.4 is 10.5 Å². The molecule has 4 nitrogen and oxygen atoms in total. The average molecular weight is 268 g/mol. The fourth-order valence-corrected chi connectivity index (χ4v) is 1.81. The molecule has 0 aliphatic rings. The van der Waals surface area contributed by atoms with E-state index in [1.807, 2.05) is 13.8 Å². The summed E-state index contributed by atoms with van der Waals surface area (Å²) < 4.78 is 18.6. The summed E-state index contributed by atoms with van der Waals surface area (Å²) in [6, 6.07) is 3.78. The second kappa shape index (κ2) is 7.09. The maximum absolute atomic E-state index is 13.2. The highest BCUT2D eigenvalue weighted by molar-refractivity contribution is 5.77. The average Bonchev–Trinajstić information content (AvgIpc) is 2.38. The van der Waals surface area contributed by atoms with Crippen molar-refractivity contribution in [3.05, 3.63) is 29.6 Å². The van der Waals surface area contributed by atoms with Crippen LogP contribution in [-0.2, 0) is 4.79 Å². The molecule has 0 saturated heterocycles. The van der Waals surface area contributed by atoms with Crippen molar-refractivity contribution in [2.24, 2.45) is 5.73 Å². The van der Waals surface area contributed by atoms with Crippen LogP contribution in [0.15, 0.2) is 18.2 Å². The highest BCUT2D eigenvalue weighted by Gasteiger charge is 2.13. The SMILES string of the molecule is CCN(CC)C(=O)COc1ccc(F)cc1[C@H](C)N. The van der Waals surface area contributed by atoms with Gasteiger partial charge in [-0.15, -0.1) is 0 Å². The van der Waals surface area contributed by atoms with Crippen molar-refractivity contribution in [3.63, 3.8) is 0 Å². The molecule has 106 valence electrons. The molecule has 0 aliphatic carbocycles. The number of carbonyl (C=O) groups is 1. The van der Waals surface area contributed by atoms with Crippen LogP contribution in [0.2, 0.25) is 0 Å². The van der Waals surface area contributed by atoms with E-state index in [-0.39, 0.29) is 24.4 Å². The number of likely N-dealkylation sites (N-methyl/N-ethyl adjacent to an activating group) is 1. The summed E-state index contributed by atoms with van der Waals surface area (Å²) in [4.78, 5) is 13.5. The Morgan fingerprint density at radius 2 is 2.05 bits per heavy atom. The van der Waals surface area contributed by atoms with Crippen molar-refractivity contribution >= 4 is 5.91 Å². The molecule has 1 rings (SSSR count). The van der Waals surface area contributed by atoms with E-state index in [9.17, 15) is 9.18 Å². The van der Waals surface area contributed by atoms with Crippen LogP contribution in [0.1, 0.15) is 32.4 Å². The summed E-state index contributed by atoms with van der Waals surface area (Å²) in [6.07, 6.45) is 0. The van der Waals surface area contributed by atoms with Gasteiger partial charge >= 0.3 is 0 Å². The zero-order valence-corrected chi connectivity index (χ0v) is 11.6. The Hall–Kier alpha value is -1.62. The van der Waals surface area contributed by atoms with Gasteiger partial charge < -0.3 is 15.4 Å². The Labute approximate surface area is 113 Å².